The largest absolute Gasteiger partial charge is 0.493 e. The number of carbonyl (C=O) groups is 1. The molecule has 7 nitrogen and oxygen atoms in total. The van der Waals surface area contributed by atoms with Crippen LogP contribution in [0.25, 0.3) is 6.08 Å². The van der Waals surface area contributed by atoms with Gasteiger partial charge in [-0.25, -0.2) is 9.79 Å². The van der Waals surface area contributed by atoms with E-state index in [2.05, 4.69) is 18.8 Å². The zero-order chi connectivity index (χ0) is 31.5. The van der Waals surface area contributed by atoms with Gasteiger partial charge in [-0.05, 0) is 72.4 Å². The molecular formula is C34H32Cl2N2O5S. The van der Waals surface area contributed by atoms with E-state index in [1.165, 1.54) is 18.4 Å². The minimum Gasteiger partial charge on any atom is -0.493 e. The number of carbonyl (C=O) groups excluding carboxylic acids is 1. The summed E-state index contributed by atoms with van der Waals surface area (Å²) in [6.45, 7) is 8.24. The van der Waals surface area contributed by atoms with Gasteiger partial charge in [0.2, 0.25) is 0 Å². The van der Waals surface area contributed by atoms with Crippen LogP contribution in [0.2, 0.25) is 10.0 Å². The lowest BCUT2D eigenvalue weighted by Crippen LogP contribution is -2.39. The highest BCUT2D eigenvalue weighted by atomic mass is 35.5. The predicted octanol–water partition coefficient (Wildman–Crippen LogP) is 6.82. The molecule has 2 heterocycles. The van der Waals surface area contributed by atoms with Crippen LogP contribution in [0.3, 0.4) is 0 Å². The predicted molar refractivity (Wildman–Crippen MR) is 175 cm³/mol. The minimum atomic E-state index is -0.685. The molecule has 0 amide bonds. The highest BCUT2D eigenvalue weighted by Gasteiger charge is 2.33. The van der Waals surface area contributed by atoms with Crippen LogP contribution in [-0.2, 0) is 16.1 Å². The zero-order valence-electron chi connectivity index (χ0n) is 25.0. The molecule has 1 aliphatic heterocycles. The van der Waals surface area contributed by atoms with Crippen molar-refractivity contribution in [1.29, 1.82) is 0 Å². The van der Waals surface area contributed by atoms with Crippen LogP contribution < -0.4 is 24.4 Å². The molecule has 0 fully saturated rings. The van der Waals surface area contributed by atoms with E-state index < -0.39 is 12.0 Å². The SMILES string of the molecule is CCOC(=O)C1=C(C)N=c2s/c(=C/c3cc(Cl)c(OCc4ccc(Cl)cc4)c(OC)c3)c(=O)n2[C@H]1c1ccc(C(C)C)cc1. The number of halogens is 2. The average Bonchev–Trinajstić information content (AvgIpc) is 3.30. The normalized spacial score (nSPS) is 14.8. The molecule has 0 aliphatic carbocycles. The van der Waals surface area contributed by atoms with E-state index in [0.717, 1.165) is 16.7 Å². The number of aromatic nitrogens is 1. The number of allylic oxidation sites excluding steroid dienone is 1. The summed E-state index contributed by atoms with van der Waals surface area (Å²) in [5, 5.41) is 0.975. The van der Waals surface area contributed by atoms with Crippen LogP contribution in [-0.4, -0.2) is 24.3 Å². The van der Waals surface area contributed by atoms with Crippen molar-refractivity contribution >= 4 is 46.6 Å². The number of nitrogens with zero attached hydrogens (tertiary/aromatic N) is 2. The molecule has 1 atom stereocenters. The molecule has 4 aromatic rings. The molecule has 3 aromatic carbocycles. The van der Waals surface area contributed by atoms with Crippen molar-refractivity contribution in [3.8, 4) is 11.5 Å². The molecule has 0 bridgehead atoms. The molecule has 0 saturated heterocycles. The Morgan fingerprint density at radius 1 is 1.09 bits per heavy atom. The summed E-state index contributed by atoms with van der Waals surface area (Å²) in [6, 6.07) is 18.1. The van der Waals surface area contributed by atoms with Crippen LogP contribution in [0.4, 0.5) is 0 Å². The Kier molecular flexibility index (Phi) is 9.63. The van der Waals surface area contributed by atoms with Gasteiger partial charge >= 0.3 is 5.97 Å². The van der Waals surface area contributed by atoms with Gasteiger partial charge in [-0.15, -0.1) is 0 Å². The van der Waals surface area contributed by atoms with Gasteiger partial charge in [0.25, 0.3) is 5.56 Å². The summed E-state index contributed by atoms with van der Waals surface area (Å²) in [4.78, 5) is 32.3. The van der Waals surface area contributed by atoms with E-state index in [0.29, 0.717) is 53.6 Å². The number of methoxy groups -OCH3 is 1. The fraction of sp³-hybridized carbons (Fsp3) is 0.265. The number of esters is 1. The average molecular weight is 652 g/mol. The summed E-state index contributed by atoms with van der Waals surface area (Å²) >= 11 is 13.9. The number of fused-ring (bicyclic) bond motifs is 1. The molecule has 0 radical (unpaired) electrons. The molecule has 0 unspecified atom stereocenters. The van der Waals surface area contributed by atoms with Crippen LogP contribution in [0.1, 0.15) is 61.9 Å². The maximum Gasteiger partial charge on any atom is 0.338 e. The van der Waals surface area contributed by atoms with Gasteiger partial charge in [-0.2, -0.15) is 0 Å². The molecule has 0 saturated carbocycles. The second-order valence-electron chi connectivity index (χ2n) is 10.6. The lowest BCUT2D eigenvalue weighted by Gasteiger charge is -2.25. The lowest BCUT2D eigenvalue weighted by atomic mass is 9.93. The number of hydrogen-bond acceptors (Lipinski definition) is 7. The standard InChI is InChI=1S/C34H32Cl2N2O5S/c1-6-42-33(40)29-20(4)37-34-38(30(29)24-11-9-23(10-12-24)19(2)3)32(39)28(44-34)17-22-15-26(36)31(27(16-22)41-5)43-18-21-7-13-25(35)14-8-21/h7-17,19,30H,6,18H2,1-5H3/b28-17+/t30-/m0/s1. The van der Waals surface area contributed by atoms with Crippen LogP contribution in [0.15, 0.2) is 81.7 Å². The van der Waals surface area contributed by atoms with Crippen molar-refractivity contribution in [2.45, 2.75) is 46.3 Å². The smallest absolute Gasteiger partial charge is 0.338 e. The molecule has 10 heteroatoms. The lowest BCUT2D eigenvalue weighted by molar-refractivity contribution is -0.139. The van der Waals surface area contributed by atoms with E-state index in [-0.39, 0.29) is 18.8 Å². The summed E-state index contributed by atoms with van der Waals surface area (Å²) in [7, 11) is 1.53. The Morgan fingerprint density at radius 3 is 2.43 bits per heavy atom. The molecular weight excluding hydrogens is 619 g/mol. The molecule has 0 spiro atoms. The summed E-state index contributed by atoms with van der Waals surface area (Å²) in [6.07, 6.45) is 1.74. The summed E-state index contributed by atoms with van der Waals surface area (Å²) in [5.74, 6) is 0.661. The van der Waals surface area contributed by atoms with Crippen molar-refractivity contribution < 1.29 is 19.0 Å². The third kappa shape index (κ3) is 6.48. The molecule has 0 N–H and O–H groups in total. The van der Waals surface area contributed by atoms with Gasteiger partial charge in [0, 0.05) is 5.02 Å². The first-order chi connectivity index (χ1) is 21.1. The van der Waals surface area contributed by atoms with Gasteiger partial charge in [-0.3, -0.25) is 9.36 Å². The van der Waals surface area contributed by atoms with E-state index in [4.69, 9.17) is 37.4 Å². The first kappa shape index (κ1) is 31.6. The highest BCUT2D eigenvalue weighted by molar-refractivity contribution is 7.07. The molecule has 228 valence electrons. The Labute approximate surface area is 269 Å². The van der Waals surface area contributed by atoms with Crippen LogP contribution in [0.5, 0.6) is 11.5 Å². The zero-order valence-corrected chi connectivity index (χ0v) is 27.3. The third-order valence-corrected chi connectivity index (χ3v) is 8.80. The summed E-state index contributed by atoms with van der Waals surface area (Å²) in [5.41, 5.74) is 4.10. The van der Waals surface area contributed by atoms with Crippen molar-refractivity contribution in [3.05, 3.63) is 124 Å². The number of ether oxygens (including phenoxy) is 3. The quantitative estimate of drug-likeness (QED) is 0.186. The van der Waals surface area contributed by atoms with E-state index >= 15 is 0 Å². The van der Waals surface area contributed by atoms with Gasteiger partial charge < -0.3 is 14.2 Å². The van der Waals surface area contributed by atoms with Gasteiger partial charge in [0.05, 0.1) is 40.6 Å². The third-order valence-electron chi connectivity index (χ3n) is 7.28. The first-order valence-electron chi connectivity index (χ1n) is 14.2. The molecule has 1 aromatic heterocycles. The Hall–Kier alpha value is -3.85. The number of thiazole rings is 1. The Balaban J connectivity index is 1.57. The fourth-order valence-corrected chi connectivity index (χ4v) is 6.47. The van der Waals surface area contributed by atoms with E-state index in [1.807, 2.05) is 36.4 Å². The molecule has 5 rings (SSSR count). The number of rotatable bonds is 9. The maximum absolute atomic E-state index is 14.0. The minimum absolute atomic E-state index is 0.209. The van der Waals surface area contributed by atoms with Crippen molar-refractivity contribution in [2.24, 2.45) is 4.99 Å². The van der Waals surface area contributed by atoms with Crippen molar-refractivity contribution in [1.82, 2.24) is 4.57 Å². The van der Waals surface area contributed by atoms with Crippen molar-refractivity contribution in [3.63, 3.8) is 0 Å². The fourth-order valence-electron chi connectivity index (χ4n) is 5.02. The van der Waals surface area contributed by atoms with Gasteiger partial charge in [0.15, 0.2) is 16.3 Å². The summed E-state index contributed by atoms with van der Waals surface area (Å²) < 4.78 is 19.0. The second-order valence-corrected chi connectivity index (χ2v) is 12.4. The monoisotopic (exact) mass is 650 g/mol. The first-order valence-corrected chi connectivity index (χ1v) is 15.7. The highest BCUT2D eigenvalue weighted by Crippen LogP contribution is 2.37. The van der Waals surface area contributed by atoms with Gasteiger partial charge in [0.1, 0.15) is 6.61 Å². The molecule has 44 heavy (non-hydrogen) atoms. The van der Waals surface area contributed by atoms with Crippen LogP contribution in [0, 0.1) is 0 Å². The van der Waals surface area contributed by atoms with Crippen molar-refractivity contribution in [2.75, 3.05) is 13.7 Å². The maximum atomic E-state index is 14.0. The number of hydrogen-bond donors (Lipinski definition) is 0. The van der Waals surface area contributed by atoms with Gasteiger partial charge in [-0.1, -0.05) is 84.8 Å². The Morgan fingerprint density at radius 2 is 1.80 bits per heavy atom. The Bertz CT molecular complexity index is 1910. The number of benzene rings is 3. The topological polar surface area (TPSA) is 79.1 Å². The van der Waals surface area contributed by atoms with E-state index in [1.54, 1.807) is 48.8 Å². The van der Waals surface area contributed by atoms with Crippen LogP contribution >= 0.6 is 34.5 Å². The van der Waals surface area contributed by atoms with E-state index in [9.17, 15) is 9.59 Å². The molecule has 1 aliphatic rings. The second kappa shape index (κ2) is 13.4.